The summed E-state index contributed by atoms with van der Waals surface area (Å²) in [6.07, 6.45) is 0. The van der Waals surface area contributed by atoms with Crippen LogP contribution >= 0.6 is 0 Å². The van der Waals surface area contributed by atoms with Crippen LogP contribution in [0.2, 0.25) is 0 Å². The number of anilines is 3. The van der Waals surface area contributed by atoms with Crippen LogP contribution < -0.4 is 25.6 Å². The van der Waals surface area contributed by atoms with Gasteiger partial charge in [0.05, 0.1) is 5.41 Å². The number of nitrogens with zero attached hydrogens (tertiary/aromatic N) is 1. The van der Waals surface area contributed by atoms with Crippen LogP contribution in [0.5, 0.6) is 0 Å². The molecule has 1 aliphatic carbocycles. The molecule has 328 valence electrons. The first-order valence-electron chi connectivity index (χ1n) is 24.2. The summed E-state index contributed by atoms with van der Waals surface area (Å²) in [7, 11) is -2.76. The van der Waals surface area contributed by atoms with E-state index in [9.17, 15) is 0 Å². The molecule has 1 aliphatic heterocycles. The molecule has 0 saturated carbocycles. The maximum absolute atomic E-state index is 6.39. The van der Waals surface area contributed by atoms with Crippen LogP contribution in [-0.2, 0) is 5.41 Å². The van der Waals surface area contributed by atoms with Gasteiger partial charge in [0.2, 0.25) is 0 Å². The third kappa shape index (κ3) is 5.86. The largest absolute Gasteiger partial charge is 0.456 e. The molecule has 3 heteroatoms. The predicted octanol–water partition coefficient (Wildman–Crippen LogP) is 14.4. The van der Waals surface area contributed by atoms with Gasteiger partial charge >= 0.3 is 0 Å². The van der Waals surface area contributed by atoms with Gasteiger partial charge in [0.15, 0.2) is 8.07 Å². The molecule has 2 heterocycles. The monoisotopic (exact) mass is 907 g/mol. The van der Waals surface area contributed by atoms with Crippen molar-refractivity contribution in [3.05, 3.63) is 295 Å². The van der Waals surface area contributed by atoms with Crippen LogP contribution in [0.25, 0.3) is 55.3 Å². The molecule has 2 nitrogen and oxygen atoms in total. The van der Waals surface area contributed by atoms with E-state index in [1.165, 1.54) is 70.8 Å². The fourth-order valence-corrected chi connectivity index (χ4v) is 17.5. The summed E-state index contributed by atoms with van der Waals surface area (Å²) in [4.78, 5) is 2.43. The SMILES string of the molecule is c1ccc(C2(c3ccccc3)c3ccccc3-c3ccc(-c4ccc(N(c5cccc([Si]6(c7ccccc7)c7ccccc7-c7ccccc76)c5)c5ccc6oc7ccccc7c6c5)cc4)cc32)cc1. The van der Waals surface area contributed by atoms with Crippen molar-refractivity contribution in [2.45, 2.75) is 5.41 Å². The highest BCUT2D eigenvalue weighted by molar-refractivity contribution is 7.22. The van der Waals surface area contributed by atoms with Crippen LogP contribution in [0, 0.1) is 0 Å². The smallest absolute Gasteiger partial charge is 0.180 e. The normalized spacial score (nSPS) is 13.7. The minimum Gasteiger partial charge on any atom is -0.456 e. The van der Waals surface area contributed by atoms with Gasteiger partial charge in [0, 0.05) is 27.8 Å². The van der Waals surface area contributed by atoms with E-state index in [1.54, 1.807) is 0 Å². The van der Waals surface area contributed by atoms with Gasteiger partial charge in [-0.05, 0) is 131 Å². The van der Waals surface area contributed by atoms with E-state index in [0.29, 0.717) is 0 Å². The Morgan fingerprint density at radius 1 is 0.314 bits per heavy atom. The summed E-state index contributed by atoms with van der Waals surface area (Å²) in [6, 6.07) is 101. The fourth-order valence-electron chi connectivity index (χ4n) is 12.3. The molecule has 11 aromatic carbocycles. The molecule has 12 aromatic rings. The number of fused-ring (bicyclic) bond motifs is 9. The van der Waals surface area contributed by atoms with Gasteiger partial charge in [0.25, 0.3) is 0 Å². The van der Waals surface area contributed by atoms with Crippen molar-refractivity contribution in [2.24, 2.45) is 0 Å². The first kappa shape index (κ1) is 40.3. The van der Waals surface area contributed by atoms with Crippen LogP contribution in [0.4, 0.5) is 17.1 Å². The standard InChI is InChI=1S/C67H45NOSi/c1-4-19-48(20-5-1)67(49-21-6-2-7-22-49)61-31-14-10-27-55(61)56-41-37-47(43-62(56)67)46-35-38-50(39-36-46)68(52-40-42-64-60(45-52)57-28-11-15-32-63(57)69-64)51-23-18-26-54(44-51)70(53-24-8-3-9-25-53)65-33-16-12-29-58(65)59-30-13-17-34-66(59)70/h1-45H. The van der Waals surface area contributed by atoms with E-state index in [0.717, 1.165) is 44.6 Å². The van der Waals surface area contributed by atoms with Crippen molar-refractivity contribution in [2.75, 3.05) is 4.90 Å². The van der Waals surface area contributed by atoms with Crippen molar-refractivity contribution >= 4 is 67.8 Å². The first-order valence-corrected chi connectivity index (χ1v) is 26.2. The molecule has 0 saturated heterocycles. The van der Waals surface area contributed by atoms with Gasteiger partial charge in [-0.25, -0.2) is 0 Å². The van der Waals surface area contributed by atoms with Crippen LogP contribution in [0.15, 0.2) is 277 Å². The lowest BCUT2D eigenvalue weighted by Crippen LogP contribution is -2.72. The molecule has 0 spiro atoms. The van der Waals surface area contributed by atoms with Gasteiger partial charge in [-0.1, -0.05) is 218 Å². The van der Waals surface area contributed by atoms with Gasteiger partial charge in [-0.3, -0.25) is 0 Å². The lowest BCUT2D eigenvalue weighted by atomic mass is 9.67. The summed E-state index contributed by atoms with van der Waals surface area (Å²) < 4.78 is 6.39. The number of benzene rings is 11. The second-order valence-electron chi connectivity index (χ2n) is 18.7. The van der Waals surface area contributed by atoms with Crippen molar-refractivity contribution in [1.29, 1.82) is 0 Å². The molecule has 2 aliphatic rings. The molecule has 0 amide bonds. The molecule has 70 heavy (non-hydrogen) atoms. The zero-order valence-corrected chi connectivity index (χ0v) is 39.3. The van der Waals surface area contributed by atoms with Crippen molar-refractivity contribution in [3.63, 3.8) is 0 Å². The van der Waals surface area contributed by atoms with Crippen molar-refractivity contribution < 1.29 is 4.42 Å². The quantitative estimate of drug-likeness (QED) is 0.141. The summed E-state index contributed by atoms with van der Waals surface area (Å²) in [5, 5.41) is 7.81. The number of hydrogen-bond donors (Lipinski definition) is 0. The van der Waals surface area contributed by atoms with Gasteiger partial charge in [-0.15, -0.1) is 0 Å². The zero-order valence-electron chi connectivity index (χ0n) is 38.3. The average Bonchev–Trinajstić information content (AvgIpc) is 4.07. The number of para-hydroxylation sites is 1. The number of furan rings is 1. The molecule has 0 radical (unpaired) electrons. The highest BCUT2D eigenvalue weighted by Gasteiger charge is 2.49. The Hall–Kier alpha value is -8.76. The molecule has 0 bridgehead atoms. The lowest BCUT2D eigenvalue weighted by molar-refractivity contribution is 0.669. The van der Waals surface area contributed by atoms with Crippen LogP contribution in [0.3, 0.4) is 0 Å². The van der Waals surface area contributed by atoms with E-state index in [4.69, 9.17) is 4.42 Å². The third-order valence-electron chi connectivity index (χ3n) is 15.2. The first-order chi connectivity index (χ1) is 34.7. The average molecular weight is 908 g/mol. The molecule has 0 atom stereocenters. The van der Waals surface area contributed by atoms with E-state index < -0.39 is 13.5 Å². The summed E-state index contributed by atoms with van der Waals surface area (Å²) in [5.41, 5.74) is 17.3. The minimum atomic E-state index is -2.76. The number of rotatable bonds is 8. The van der Waals surface area contributed by atoms with E-state index >= 15 is 0 Å². The second kappa shape index (κ2) is 15.9. The number of hydrogen-bond acceptors (Lipinski definition) is 2. The maximum Gasteiger partial charge on any atom is 0.180 e. The molecular formula is C67H45NOSi. The van der Waals surface area contributed by atoms with Gasteiger partial charge in [0.1, 0.15) is 11.2 Å². The highest BCUT2D eigenvalue weighted by Crippen LogP contribution is 2.56. The predicted molar refractivity (Wildman–Crippen MR) is 294 cm³/mol. The second-order valence-corrected chi connectivity index (χ2v) is 22.4. The molecule has 0 N–H and O–H groups in total. The van der Waals surface area contributed by atoms with Gasteiger partial charge in [-0.2, -0.15) is 0 Å². The molecule has 1 aromatic heterocycles. The Morgan fingerprint density at radius 3 is 1.56 bits per heavy atom. The lowest BCUT2D eigenvalue weighted by Gasteiger charge is -2.34. The Morgan fingerprint density at radius 2 is 0.843 bits per heavy atom. The van der Waals surface area contributed by atoms with E-state index in [-0.39, 0.29) is 0 Å². The maximum atomic E-state index is 6.39. The zero-order chi connectivity index (χ0) is 46.2. The summed E-state index contributed by atoms with van der Waals surface area (Å²) in [5.74, 6) is 0. The van der Waals surface area contributed by atoms with Crippen LogP contribution in [0.1, 0.15) is 22.3 Å². The molecule has 14 rings (SSSR count). The Balaban J connectivity index is 0.946. The highest BCUT2D eigenvalue weighted by atomic mass is 28.3. The minimum absolute atomic E-state index is 0.469. The molecule has 0 fully saturated rings. The third-order valence-corrected chi connectivity index (χ3v) is 20.1. The van der Waals surface area contributed by atoms with Gasteiger partial charge < -0.3 is 9.32 Å². The Kier molecular flexibility index (Phi) is 9.17. The molecule has 0 unspecified atom stereocenters. The summed E-state index contributed by atoms with van der Waals surface area (Å²) in [6.45, 7) is 0. The Labute approximate surface area is 409 Å². The summed E-state index contributed by atoms with van der Waals surface area (Å²) >= 11 is 0. The Bertz CT molecular complexity index is 3870. The van der Waals surface area contributed by atoms with Crippen LogP contribution in [-0.4, -0.2) is 8.07 Å². The topological polar surface area (TPSA) is 16.4 Å². The molecular weight excluding hydrogens is 863 g/mol. The van der Waals surface area contributed by atoms with E-state index in [1.807, 2.05) is 6.07 Å². The van der Waals surface area contributed by atoms with Crippen molar-refractivity contribution in [3.8, 4) is 33.4 Å². The van der Waals surface area contributed by atoms with Crippen molar-refractivity contribution in [1.82, 2.24) is 0 Å². The van der Waals surface area contributed by atoms with E-state index in [2.05, 4.69) is 272 Å². The fraction of sp³-hybridized carbons (Fsp3) is 0.0149.